The molecule has 0 spiro atoms. The van der Waals surface area contributed by atoms with Crippen LogP contribution in [0.2, 0.25) is 0 Å². The molecule has 2 rings (SSSR count). The summed E-state index contributed by atoms with van der Waals surface area (Å²) in [5.41, 5.74) is 0.799. The van der Waals surface area contributed by atoms with Gasteiger partial charge in [-0.25, -0.2) is 8.78 Å². The maximum Gasteiger partial charge on any atom is 0.272 e. The molecule has 22 heavy (non-hydrogen) atoms. The van der Waals surface area contributed by atoms with Crippen LogP contribution in [0.25, 0.3) is 0 Å². The second kappa shape index (κ2) is 8.65. The van der Waals surface area contributed by atoms with E-state index in [0.29, 0.717) is 31.9 Å². The van der Waals surface area contributed by atoms with Crippen LogP contribution in [0.4, 0.5) is 8.78 Å². The topological polar surface area (TPSA) is 59.6 Å². The summed E-state index contributed by atoms with van der Waals surface area (Å²) in [5, 5.41) is 6.01. The summed E-state index contributed by atoms with van der Waals surface area (Å²) in [6, 6.07) is 6.80. The Kier molecular flexibility index (Phi) is 6.54. The predicted molar refractivity (Wildman–Crippen MR) is 77.0 cm³/mol. The van der Waals surface area contributed by atoms with Gasteiger partial charge in [-0.15, -0.1) is 0 Å². The Hall–Kier alpha value is -1.73. The largest absolute Gasteiger partial charge is 0.488 e. The van der Waals surface area contributed by atoms with Crippen LogP contribution in [0.1, 0.15) is 12.0 Å². The average molecular weight is 314 g/mol. The van der Waals surface area contributed by atoms with Crippen LogP contribution < -0.4 is 15.4 Å². The number of ether oxygens (including phenoxy) is 2. The van der Waals surface area contributed by atoms with Crippen LogP contribution in [-0.4, -0.2) is 44.7 Å². The summed E-state index contributed by atoms with van der Waals surface area (Å²) in [6.45, 7) is 1.65. The minimum absolute atomic E-state index is 0.0365. The summed E-state index contributed by atoms with van der Waals surface area (Å²) < 4.78 is 34.4. The van der Waals surface area contributed by atoms with E-state index in [1.54, 1.807) is 24.3 Å². The Morgan fingerprint density at radius 1 is 1.50 bits per heavy atom. The molecule has 1 aliphatic rings. The number of hydrogen-bond acceptors (Lipinski definition) is 4. The van der Waals surface area contributed by atoms with Crippen LogP contribution in [0.5, 0.6) is 5.75 Å². The molecule has 2 N–H and O–H groups in total. The zero-order chi connectivity index (χ0) is 15.8. The molecule has 0 radical (unpaired) electrons. The molecule has 1 fully saturated rings. The Morgan fingerprint density at radius 2 is 2.36 bits per heavy atom. The summed E-state index contributed by atoms with van der Waals surface area (Å²) in [6.07, 6.45) is -2.16. The van der Waals surface area contributed by atoms with Crippen LogP contribution in [0, 0.1) is 0 Å². The third-order valence-corrected chi connectivity index (χ3v) is 3.19. The van der Waals surface area contributed by atoms with E-state index in [-0.39, 0.29) is 11.9 Å². The first-order valence-electron chi connectivity index (χ1n) is 7.21. The van der Waals surface area contributed by atoms with Crippen molar-refractivity contribution >= 4 is 5.91 Å². The van der Waals surface area contributed by atoms with Crippen LogP contribution in [0.15, 0.2) is 24.3 Å². The lowest BCUT2D eigenvalue weighted by Crippen LogP contribution is -2.44. The molecule has 1 unspecified atom stereocenters. The van der Waals surface area contributed by atoms with Gasteiger partial charge in [0.25, 0.3) is 6.43 Å². The Labute approximate surface area is 128 Å². The molecule has 1 heterocycles. The van der Waals surface area contributed by atoms with Crippen LogP contribution in [0.3, 0.4) is 0 Å². The molecule has 1 saturated heterocycles. The number of hydrogen-bond donors (Lipinski definition) is 2. The quantitative estimate of drug-likeness (QED) is 0.797. The first-order valence-corrected chi connectivity index (χ1v) is 7.21. The number of rotatable bonds is 7. The zero-order valence-corrected chi connectivity index (χ0v) is 12.2. The summed E-state index contributed by atoms with van der Waals surface area (Å²) >= 11 is 0. The number of alkyl halides is 2. The molecule has 1 atom stereocenters. The van der Waals surface area contributed by atoms with E-state index >= 15 is 0 Å². The van der Waals surface area contributed by atoms with Gasteiger partial charge < -0.3 is 20.1 Å². The molecule has 1 aromatic carbocycles. The highest BCUT2D eigenvalue weighted by atomic mass is 19.3. The van der Waals surface area contributed by atoms with Gasteiger partial charge in [-0.3, -0.25) is 4.79 Å². The Balaban J connectivity index is 1.75. The van der Waals surface area contributed by atoms with E-state index in [4.69, 9.17) is 9.47 Å². The number of amides is 1. The lowest BCUT2D eigenvalue weighted by Gasteiger charge is -2.23. The fourth-order valence-electron chi connectivity index (χ4n) is 2.15. The Morgan fingerprint density at radius 3 is 3.09 bits per heavy atom. The van der Waals surface area contributed by atoms with Crippen molar-refractivity contribution in [2.45, 2.75) is 25.4 Å². The highest BCUT2D eigenvalue weighted by Gasteiger charge is 2.16. The molecule has 7 heteroatoms. The highest BCUT2D eigenvalue weighted by Crippen LogP contribution is 2.14. The monoisotopic (exact) mass is 314 g/mol. The van der Waals surface area contributed by atoms with E-state index in [0.717, 1.165) is 12.1 Å². The number of carbonyl (C=O) groups excluding carboxylic acids is 1. The summed E-state index contributed by atoms with van der Waals surface area (Å²) in [7, 11) is 0. The van der Waals surface area contributed by atoms with Gasteiger partial charge in [-0.2, -0.15) is 0 Å². The fourth-order valence-corrected chi connectivity index (χ4v) is 2.15. The first-order chi connectivity index (χ1) is 10.6. The number of benzene rings is 1. The predicted octanol–water partition coefficient (Wildman–Crippen LogP) is 1.33. The second-order valence-corrected chi connectivity index (χ2v) is 5.06. The van der Waals surface area contributed by atoms with Gasteiger partial charge in [0, 0.05) is 25.6 Å². The highest BCUT2D eigenvalue weighted by molar-refractivity contribution is 5.76. The number of morpholine rings is 1. The second-order valence-electron chi connectivity index (χ2n) is 5.06. The third kappa shape index (κ3) is 5.95. The molecule has 5 nitrogen and oxygen atoms in total. The molecule has 1 aromatic rings. The minimum atomic E-state index is -2.51. The molecular weight excluding hydrogens is 294 g/mol. The van der Waals surface area contributed by atoms with Crippen molar-refractivity contribution < 1.29 is 23.0 Å². The molecular formula is C15H20F2N2O3. The normalized spacial score (nSPS) is 18.2. The summed E-state index contributed by atoms with van der Waals surface area (Å²) in [5.74, 6) is 0.288. The number of halogens is 2. The maximum absolute atomic E-state index is 12.1. The average Bonchev–Trinajstić information content (AvgIpc) is 2.52. The van der Waals surface area contributed by atoms with E-state index in [1.165, 1.54) is 0 Å². The standard InChI is InChI=1S/C15H20F2N2O3/c16-14(17)10-22-13-3-1-2-11(6-13)8-19-15(20)7-12-9-21-5-4-18-12/h1-3,6,12,14,18H,4-5,7-10H2,(H,19,20). The van der Waals surface area contributed by atoms with Crippen LogP contribution in [-0.2, 0) is 16.1 Å². The number of nitrogens with one attached hydrogen (secondary N) is 2. The fraction of sp³-hybridized carbons (Fsp3) is 0.533. The lowest BCUT2D eigenvalue weighted by atomic mass is 10.1. The third-order valence-electron chi connectivity index (χ3n) is 3.19. The van der Waals surface area contributed by atoms with Gasteiger partial charge in [0.2, 0.25) is 5.91 Å². The lowest BCUT2D eigenvalue weighted by molar-refractivity contribution is -0.122. The maximum atomic E-state index is 12.1. The van der Waals surface area contributed by atoms with Gasteiger partial charge in [-0.1, -0.05) is 12.1 Å². The number of carbonyl (C=O) groups is 1. The molecule has 0 saturated carbocycles. The van der Waals surface area contributed by atoms with Crippen molar-refractivity contribution in [3.05, 3.63) is 29.8 Å². The van der Waals surface area contributed by atoms with Crippen molar-refractivity contribution in [3.63, 3.8) is 0 Å². The smallest absolute Gasteiger partial charge is 0.272 e. The van der Waals surface area contributed by atoms with Gasteiger partial charge in [0.15, 0.2) is 0 Å². The molecule has 1 amide bonds. The van der Waals surface area contributed by atoms with E-state index in [1.807, 2.05) is 0 Å². The SMILES string of the molecule is O=C(CC1COCCN1)NCc1cccc(OCC(F)F)c1. The van der Waals surface area contributed by atoms with E-state index in [2.05, 4.69) is 10.6 Å². The molecule has 0 aliphatic carbocycles. The van der Waals surface area contributed by atoms with Crippen molar-refractivity contribution in [2.24, 2.45) is 0 Å². The first kappa shape index (κ1) is 16.6. The minimum Gasteiger partial charge on any atom is -0.488 e. The van der Waals surface area contributed by atoms with Crippen molar-refractivity contribution in [3.8, 4) is 5.75 Å². The van der Waals surface area contributed by atoms with Gasteiger partial charge in [0.05, 0.1) is 13.2 Å². The Bertz CT molecular complexity index is 480. The van der Waals surface area contributed by atoms with Gasteiger partial charge in [0.1, 0.15) is 12.4 Å². The van der Waals surface area contributed by atoms with Gasteiger partial charge >= 0.3 is 0 Å². The molecule has 122 valence electrons. The van der Waals surface area contributed by atoms with E-state index in [9.17, 15) is 13.6 Å². The zero-order valence-electron chi connectivity index (χ0n) is 12.2. The molecule has 1 aliphatic heterocycles. The van der Waals surface area contributed by atoms with Gasteiger partial charge in [-0.05, 0) is 17.7 Å². The van der Waals surface area contributed by atoms with E-state index < -0.39 is 13.0 Å². The van der Waals surface area contributed by atoms with Crippen LogP contribution >= 0.6 is 0 Å². The molecule has 0 bridgehead atoms. The van der Waals surface area contributed by atoms with Crippen molar-refractivity contribution in [2.75, 3.05) is 26.4 Å². The summed E-state index contributed by atoms with van der Waals surface area (Å²) in [4.78, 5) is 11.8. The molecule has 0 aromatic heterocycles. The van der Waals surface area contributed by atoms with Crippen molar-refractivity contribution in [1.29, 1.82) is 0 Å². The van der Waals surface area contributed by atoms with Crippen molar-refractivity contribution in [1.82, 2.24) is 10.6 Å².